The van der Waals surface area contributed by atoms with Gasteiger partial charge in [0.2, 0.25) is 0 Å². The van der Waals surface area contributed by atoms with Crippen LogP contribution >= 0.6 is 11.8 Å². The normalized spacial score (nSPS) is 10.0. The number of hydrogen-bond donors (Lipinski definition) is 1. The van der Waals surface area contributed by atoms with Gasteiger partial charge in [0, 0.05) is 11.3 Å². The predicted molar refractivity (Wildman–Crippen MR) is 55.1 cm³/mol. The lowest BCUT2D eigenvalue weighted by molar-refractivity contribution is 0.0903. The third kappa shape index (κ3) is 2.86. The van der Waals surface area contributed by atoms with Crippen LogP contribution < -0.4 is 0 Å². The van der Waals surface area contributed by atoms with Crippen LogP contribution in [0.4, 0.5) is 0 Å². The van der Waals surface area contributed by atoms with Crippen LogP contribution in [0, 0.1) is 0 Å². The maximum Gasteiger partial charge on any atom is 0.188 e. The van der Waals surface area contributed by atoms with E-state index < -0.39 is 6.61 Å². The number of ketones is 1. The van der Waals surface area contributed by atoms with E-state index >= 15 is 0 Å². The monoisotopic (exact) mass is 196 g/mol. The van der Waals surface area contributed by atoms with Crippen LogP contribution in [0.25, 0.3) is 0 Å². The van der Waals surface area contributed by atoms with E-state index in [9.17, 15) is 4.79 Å². The molecule has 0 spiro atoms. The van der Waals surface area contributed by atoms with Gasteiger partial charge in [-0.15, -0.1) is 0 Å². The highest BCUT2D eigenvalue weighted by atomic mass is 32.2. The molecule has 13 heavy (non-hydrogen) atoms. The van der Waals surface area contributed by atoms with Gasteiger partial charge in [0.1, 0.15) is 6.61 Å². The van der Waals surface area contributed by atoms with Crippen molar-refractivity contribution in [3.63, 3.8) is 0 Å². The minimum absolute atomic E-state index is 0.219. The molecule has 1 rings (SSSR count). The minimum Gasteiger partial charge on any atom is -0.388 e. The first-order valence-electron chi connectivity index (χ1n) is 4.00. The summed E-state index contributed by atoms with van der Waals surface area (Å²) < 4.78 is 0. The molecule has 70 valence electrons. The van der Waals surface area contributed by atoms with Crippen molar-refractivity contribution >= 4 is 17.5 Å². The first kappa shape index (κ1) is 10.3. The van der Waals surface area contributed by atoms with Gasteiger partial charge in [0.25, 0.3) is 0 Å². The molecule has 0 bridgehead atoms. The second kappa shape index (κ2) is 5.04. The Morgan fingerprint density at radius 2 is 2.31 bits per heavy atom. The van der Waals surface area contributed by atoms with Crippen LogP contribution in [0.2, 0.25) is 0 Å². The van der Waals surface area contributed by atoms with Crippen molar-refractivity contribution in [2.45, 2.75) is 5.75 Å². The lowest BCUT2D eigenvalue weighted by Crippen LogP contribution is -2.04. The Balaban J connectivity index is 2.85. The maximum absolute atomic E-state index is 11.1. The second-order valence-corrected chi connectivity index (χ2v) is 3.58. The quantitative estimate of drug-likeness (QED) is 0.745. The molecule has 0 amide bonds. The van der Waals surface area contributed by atoms with E-state index in [-0.39, 0.29) is 5.78 Å². The van der Waals surface area contributed by atoms with Crippen LogP contribution in [-0.2, 0) is 5.75 Å². The van der Waals surface area contributed by atoms with Crippen LogP contribution in [0.15, 0.2) is 24.3 Å². The summed E-state index contributed by atoms with van der Waals surface area (Å²) in [6, 6.07) is 7.37. The maximum atomic E-state index is 11.1. The van der Waals surface area contributed by atoms with E-state index in [0.29, 0.717) is 5.56 Å². The molecule has 0 saturated carbocycles. The zero-order valence-corrected chi connectivity index (χ0v) is 8.30. The minimum atomic E-state index is -0.414. The average Bonchev–Trinajstić information content (AvgIpc) is 2.18. The fraction of sp³-hybridized carbons (Fsp3) is 0.300. The van der Waals surface area contributed by atoms with E-state index in [1.807, 2.05) is 24.5 Å². The molecule has 3 heteroatoms. The van der Waals surface area contributed by atoms with Crippen molar-refractivity contribution in [1.82, 2.24) is 0 Å². The van der Waals surface area contributed by atoms with Crippen molar-refractivity contribution < 1.29 is 9.90 Å². The van der Waals surface area contributed by atoms with E-state index in [4.69, 9.17) is 5.11 Å². The molecule has 0 radical (unpaired) electrons. The predicted octanol–water partition coefficient (Wildman–Crippen LogP) is 1.72. The first-order chi connectivity index (χ1) is 6.27. The Morgan fingerprint density at radius 1 is 1.54 bits per heavy atom. The number of benzene rings is 1. The molecular formula is C10H12O2S. The molecule has 0 aromatic heterocycles. The number of hydrogen-bond acceptors (Lipinski definition) is 3. The summed E-state index contributed by atoms with van der Waals surface area (Å²) >= 11 is 1.71. The van der Waals surface area contributed by atoms with Crippen molar-refractivity contribution in [3.8, 4) is 0 Å². The van der Waals surface area contributed by atoms with E-state index in [2.05, 4.69) is 0 Å². The topological polar surface area (TPSA) is 37.3 Å². The Kier molecular flexibility index (Phi) is 3.99. The Bertz CT molecular complexity index is 297. The summed E-state index contributed by atoms with van der Waals surface area (Å²) in [5, 5.41) is 8.65. The SMILES string of the molecule is CSCc1cccc(C(=O)CO)c1. The number of Topliss-reactive ketones (excluding diaryl/α,β-unsaturated/α-hetero) is 1. The van der Waals surface area contributed by atoms with Gasteiger partial charge < -0.3 is 5.11 Å². The van der Waals surface area contributed by atoms with Crippen LogP contribution in [-0.4, -0.2) is 23.8 Å². The van der Waals surface area contributed by atoms with Gasteiger partial charge in [-0.05, 0) is 17.9 Å². The Hall–Kier alpha value is -0.800. The largest absolute Gasteiger partial charge is 0.388 e. The molecule has 0 aliphatic carbocycles. The van der Waals surface area contributed by atoms with Crippen LogP contribution in [0.3, 0.4) is 0 Å². The molecule has 0 saturated heterocycles. The summed E-state index contributed by atoms with van der Waals surface area (Å²) in [5.74, 6) is 0.676. The highest BCUT2D eigenvalue weighted by Crippen LogP contribution is 2.11. The molecule has 0 aliphatic heterocycles. The first-order valence-corrected chi connectivity index (χ1v) is 5.39. The molecular weight excluding hydrogens is 184 g/mol. The molecule has 0 heterocycles. The second-order valence-electron chi connectivity index (χ2n) is 2.71. The lowest BCUT2D eigenvalue weighted by Gasteiger charge is -2.01. The zero-order valence-electron chi connectivity index (χ0n) is 7.49. The zero-order chi connectivity index (χ0) is 9.68. The van der Waals surface area contributed by atoms with E-state index in [1.54, 1.807) is 17.8 Å². The highest BCUT2D eigenvalue weighted by Gasteiger charge is 2.03. The number of thioether (sulfide) groups is 1. The number of rotatable bonds is 4. The smallest absolute Gasteiger partial charge is 0.188 e. The van der Waals surface area contributed by atoms with Gasteiger partial charge in [-0.1, -0.05) is 18.2 Å². The Morgan fingerprint density at radius 3 is 2.92 bits per heavy atom. The molecule has 1 aromatic carbocycles. The van der Waals surface area contributed by atoms with Crippen LogP contribution in [0.5, 0.6) is 0 Å². The van der Waals surface area contributed by atoms with Crippen molar-refractivity contribution in [2.24, 2.45) is 0 Å². The molecule has 0 unspecified atom stereocenters. The van der Waals surface area contributed by atoms with E-state index in [1.165, 1.54) is 0 Å². The molecule has 2 nitrogen and oxygen atoms in total. The molecule has 1 N–H and O–H groups in total. The average molecular weight is 196 g/mol. The number of carbonyl (C=O) groups is 1. The van der Waals surface area contributed by atoms with Gasteiger partial charge in [-0.2, -0.15) is 11.8 Å². The third-order valence-electron chi connectivity index (χ3n) is 1.70. The molecule has 0 fully saturated rings. The molecule has 0 aliphatic rings. The fourth-order valence-electron chi connectivity index (χ4n) is 1.09. The summed E-state index contributed by atoms with van der Waals surface area (Å²) in [4.78, 5) is 11.1. The highest BCUT2D eigenvalue weighted by molar-refractivity contribution is 7.97. The summed E-state index contributed by atoms with van der Waals surface area (Å²) in [7, 11) is 0. The summed E-state index contributed by atoms with van der Waals surface area (Å²) in [5.41, 5.74) is 1.71. The van der Waals surface area contributed by atoms with Crippen molar-refractivity contribution in [3.05, 3.63) is 35.4 Å². The fourth-order valence-corrected chi connectivity index (χ4v) is 1.61. The van der Waals surface area contributed by atoms with Crippen LogP contribution in [0.1, 0.15) is 15.9 Å². The summed E-state index contributed by atoms with van der Waals surface area (Å²) in [6.07, 6.45) is 2.01. The lowest BCUT2D eigenvalue weighted by atomic mass is 10.1. The van der Waals surface area contributed by atoms with Crippen molar-refractivity contribution in [2.75, 3.05) is 12.9 Å². The number of aliphatic hydroxyl groups excluding tert-OH is 1. The van der Waals surface area contributed by atoms with Gasteiger partial charge in [0.15, 0.2) is 5.78 Å². The standard InChI is InChI=1S/C10H12O2S/c1-13-7-8-3-2-4-9(5-8)10(12)6-11/h2-5,11H,6-7H2,1H3. The number of carbonyl (C=O) groups excluding carboxylic acids is 1. The summed E-state index contributed by atoms with van der Waals surface area (Å²) in [6.45, 7) is -0.414. The van der Waals surface area contributed by atoms with Gasteiger partial charge in [-0.25, -0.2) is 0 Å². The van der Waals surface area contributed by atoms with Crippen molar-refractivity contribution in [1.29, 1.82) is 0 Å². The van der Waals surface area contributed by atoms with Gasteiger partial charge in [-0.3, -0.25) is 4.79 Å². The third-order valence-corrected chi connectivity index (χ3v) is 2.33. The van der Waals surface area contributed by atoms with Gasteiger partial charge in [0.05, 0.1) is 0 Å². The van der Waals surface area contributed by atoms with E-state index in [0.717, 1.165) is 11.3 Å². The number of aliphatic hydroxyl groups is 1. The molecule has 0 atom stereocenters. The van der Waals surface area contributed by atoms with Gasteiger partial charge >= 0.3 is 0 Å². The molecule has 1 aromatic rings. The Labute approximate surface area is 82.0 Å².